The van der Waals surface area contributed by atoms with Gasteiger partial charge in [-0.05, 0) is 26.0 Å². The van der Waals surface area contributed by atoms with Crippen LogP contribution in [-0.2, 0) is 0 Å². The number of amides is 1. The van der Waals surface area contributed by atoms with Crippen LogP contribution in [-0.4, -0.2) is 38.5 Å². The van der Waals surface area contributed by atoms with E-state index in [0.717, 1.165) is 27.9 Å². The zero-order valence-corrected chi connectivity index (χ0v) is 17.6. The average molecular weight is 419 g/mol. The zero-order chi connectivity index (χ0) is 20.9. The molecule has 4 aromatic rings. The summed E-state index contributed by atoms with van der Waals surface area (Å²) in [5, 5.41) is 7.05. The molecule has 0 bridgehead atoms. The van der Waals surface area contributed by atoms with Gasteiger partial charge >= 0.3 is 0 Å². The Hall–Kier alpha value is -3.52. The summed E-state index contributed by atoms with van der Waals surface area (Å²) in [7, 11) is 0. The number of nitrogens with one attached hydrogen (secondary N) is 2. The molecule has 0 aliphatic rings. The van der Waals surface area contributed by atoms with E-state index in [4.69, 9.17) is 0 Å². The van der Waals surface area contributed by atoms with Crippen LogP contribution in [0.1, 0.15) is 21.2 Å². The molecule has 1 amide bonds. The highest BCUT2D eigenvalue weighted by molar-refractivity contribution is 7.17. The molecule has 0 aliphatic heterocycles. The van der Waals surface area contributed by atoms with Gasteiger partial charge in [0.1, 0.15) is 27.3 Å². The van der Waals surface area contributed by atoms with Gasteiger partial charge in [-0.25, -0.2) is 15.0 Å². The fourth-order valence-corrected chi connectivity index (χ4v) is 4.01. The number of benzene rings is 1. The third-order valence-electron chi connectivity index (χ3n) is 4.43. The highest BCUT2D eigenvalue weighted by Gasteiger charge is 2.15. The highest BCUT2D eigenvalue weighted by Crippen LogP contribution is 2.27. The van der Waals surface area contributed by atoms with Crippen molar-refractivity contribution in [3.05, 3.63) is 77.3 Å². The molecule has 0 saturated carbocycles. The molecule has 0 aliphatic carbocycles. The molecule has 0 spiro atoms. The average Bonchev–Trinajstić information content (AvgIpc) is 3.41. The van der Waals surface area contributed by atoms with E-state index in [0.29, 0.717) is 23.8 Å². The number of aromatic nitrogens is 4. The number of carbonyl (C=O) groups is 1. The van der Waals surface area contributed by atoms with Crippen molar-refractivity contribution in [1.29, 1.82) is 0 Å². The minimum Gasteiger partial charge on any atom is -0.368 e. The lowest BCUT2D eigenvalue weighted by atomic mass is 10.2. The molecule has 0 atom stereocenters. The number of carbonyl (C=O) groups excluding carboxylic acids is 1. The van der Waals surface area contributed by atoms with Gasteiger partial charge in [0.05, 0.1) is 5.69 Å². The monoisotopic (exact) mass is 418 g/mol. The summed E-state index contributed by atoms with van der Waals surface area (Å²) < 4.78 is 1.93. The number of thiazole rings is 1. The Balaban J connectivity index is 1.34. The van der Waals surface area contributed by atoms with Gasteiger partial charge in [-0.3, -0.25) is 4.79 Å². The van der Waals surface area contributed by atoms with E-state index in [1.54, 1.807) is 0 Å². The molecule has 3 aromatic heterocycles. The fraction of sp³-hybridized carbons (Fsp3) is 0.182. The van der Waals surface area contributed by atoms with Crippen molar-refractivity contribution in [2.75, 3.05) is 18.4 Å². The lowest BCUT2D eigenvalue weighted by molar-refractivity contribution is 0.0958. The van der Waals surface area contributed by atoms with Crippen molar-refractivity contribution < 1.29 is 4.79 Å². The number of aryl methyl sites for hydroxylation is 2. The molecular weight excluding hydrogens is 396 g/mol. The van der Waals surface area contributed by atoms with Crippen molar-refractivity contribution in [2.24, 2.45) is 0 Å². The summed E-state index contributed by atoms with van der Waals surface area (Å²) >= 11 is 1.41. The van der Waals surface area contributed by atoms with E-state index >= 15 is 0 Å². The zero-order valence-electron chi connectivity index (χ0n) is 16.8. The Labute approximate surface area is 178 Å². The van der Waals surface area contributed by atoms with Gasteiger partial charge in [-0.2, -0.15) is 0 Å². The Kier molecular flexibility index (Phi) is 5.85. The third kappa shape index (κ3) is 4.55. The molecule has 1 aromatic carbocycles. The molecule has 8 heteroatoms. The molecule has 7 nitrogen and oxygen atoms in total. The Bertz CT molecular complexity index is 1140. The SMILES string of the molecule is Cc1nc(NCCNC(=O)c2sc(-c3ccccc3)nc2C)cc(-n2cccc2)n1. The van der Waals surface area contributed by atoms with Crippen molar-refractivity contribution in [3.63, 3.8) is 0 Å². The number of nitrogens with zero attached hydrogens (tertiary/aromatic N) is 4. The van der Waals surface area contributed by atoms with Crippen LogP contribution in [0.2, 0.25) is 0 Å². The molecular formula is C22H22N6OS. The van der Waals surface area contributed by atoms with Crippen LogP contribution in [0.25, 0.3) is 16.4 Å². The minimum atomic E-state index is -0.110. The van der Waals surface area contributed by atoms with Gasteiger partial charge in [-0.15, -0.1) is 11.3 Å². The van der Waals surface area contributed by atoms with Crippen LogP contribution >= 0.6 is 11.3 Å². The molecule has 0 fully saturated rings. The van der Waals surface area contributed by atoms with Gasteiger partial charge in [0.2, 0.25) is 0 Å². The van der Waals surface area contributed by atoms with Crippen molar-refractivity contribution in [2.45, 2.75) is 13.8 Å². The fourth-order valence-electron chi connectivity index (χ4n) is 3.02. The maximum atomic E-state index is 12.6. The van der Waals surface area contributed by atoms with Gasteiger partial charge in [-0.1, -0.05) is 30.3 Å². The van der Waals surface area contributed by atoms with E-state index in [2.05, 4.69) is 25.6 Å². The normalized spacial score (nSPS) is 10.7. The van der Waals surface area contributed by atoms with Gasteiger partial charge in [0.15, 0.2) is 0 Å². The van der Waals surface area contributed by atoms with Crippen LogP contribution in [0.4, 0.5) is 5.82 Å². The smallest absolute Gasteiger partial charge is 0.263 e. The molecule has 0 unspecified atom stereocenters. The largest absolute Gasteiger partial charge is 0.368 e. The van der Waals surface area contributed by atoms with E-state index < -0.39 is 0 Å². The highest BCUT2D eigenvalue weighted by atomic mass is 32.1. The quantitative estimate of drug-likeness (QED) is 0.445. The maximum Gasteiger partial charge on any atom is 0.263 e. The van der Waals surface area contributed by atoms with Crippen LogP contribution in [0, 0.1) is 13.8 Å². The van der Waals surface area contributed by atoms with Crippen LogP contribution < -0.4 is 10.6 Å². The van der Waals surface area contributed by atoms with Crippen molar-refractivity contribution in [3.8, 4) is 16.4 Å². The first-order valence-corrected chi connectivity index (χ1v) is 10.5. The first-order chi connectivity index (χ1) is 14.6. The van der Waals surface area contributed by atoms with Gasteiger partial charge in [0.25, 0.3) is 5.91 Å². The summed E-state index contributed by atoms with van der Waals surface area (Å²) in [6, 6.07) is 15.7. The van der Waals surface area contributed by atoms with Crippen LogP contribution in [0.3, 0.4) is 0 Å². The third-order valence-corrected chi connectivity index (χ3v) is 5.64. The van der Waals surface area contributed by atoms with E-state index in [1.165, 1.54) is 11.3 Å². The van der Waals surface area contributed by atoms with E-state index in [9.17, 15) is 4.79 Å². The summed E-state index contributed by atoms with van der Waals surface area (Å²) in [5.41, 5.74) is 1.76. The number of anilines is 1. The minimum absolute atomic E-state index is 0.110. The first-order valence-electron chi connectivity index (χ1n) is 9.64. The lowest BCUT2D eigenvalue weighted by Gasteiger charge is -2.10. The van der Waals surface area contributed by atoms with Crippen LogP contribution in [0.15, 0.2) is 60.9 Å². The lowest BCUT2D eigenvalue weighted by Crippen LogP contribution is -2.28. The molecule has 0 saturated heterocycles. The van der Waals surface area contributed by atoms with Crippen molar-refractivity contribution >= 4 is 23.1 Å². The van der Waals surface area contributed by atoms with E-state index in [-0.39, 0.29) is 5.91 Å². The number of rotatable bonds is 7. The Morgan fingerprint density at radius 3 is 2.53 bits per heavy atom. The van der Waals surface area contributed by atoms with Gasteiger partial charge < -0.3 is 15.2 Å². The van der Waals surface area contributed by atoms with Crippen LogP contribution in [0.5, 0.6) is 0 Å². The molecule has 4 rings (SSSR count). The predicted molar refractivity (Wildman–Crippen MR) is 119 cm³/mol. The number of hydrogen-bond donors (Lipinski definition) is 2. The summed E-state index contributed by atoms with van der Waals surface area (Å²) in [6.07, 6.45) is 3.87. The summed E-state index contributed by atoms with van der Waals surface area (Å²) in [6.45, 7) is 4.74. The first kappa shape index (κ1) is 19.8. The molecule has 0 radical (unpaired) electrons. The Morgan fingerprint density at radius 1 is 1.00 bits per heavy atom. The summed E-state index contributed by atoms with van der Waals surface area (Å²) in [5.74, 6) is 2.09. The summed E-state index contributed by atoms with van der Waals surface area (Å²) in [4.78, 5) is 26.6. The molecule has 2 N–H and O–H groups in total. The second kappa shape index (κ2) is 8.87. The molecule has 30 heavy (non-hydrogen) atoms. The second-order valence-corrected chi connectivity index (χ2v) is 7.73. The maximum absolute atomic E-state index is 12.6. The number of hydrogen-bond acceptors (Lipinski definition) is 6. The molecule has 152 valence electrons. The van der Waals surface area contributed by atoms with Gasteiger partial charge in [0, 0.05) is 37.1 Å². The topological polar surface area (TPSA) is 84.7 Å². The van der Waals surface area contributed by atoms with Crippen molar-refractivity contribution in [1.82, 2.24) is 24.8 Å². The van der Waals surface area contributed by atoms with E-state index in [1.807, 2.05) is 79.3 Å². The second-order valence-electron chi connectivity index (χ2n) is 6.73. The predicted octanol–water partition coefficient (Wildman–Crippen LogP) is 3.85. The molecule has 3 heterocycles. The standard InChI is InChI=1S/C22H22N6OS/c1-15-20(30-22(25-15)17-8-4-3-5-9-17)21(29)24-11-10-23-18-14-19(27-16(2)26-18)28-12-6-7-13-28/h3-9,12-14H,10-11H2,1-2H3,(H,24,29)(H,23,26,27). The Morgan fingerprint density at radius 2 is 1.77 bits per heavy atom.